The summed E-state index contributed by atoms with van der Waals surface area (Å²) < 4.78 is 13.8. The molecule has 4 rings (SSSR count). The summed E-state index contributed by atoms with van der Waals surface area (Å²) in [6.45, 7) is 6.81. The summed E-state index contributed by atoms with van der Waals surface area (Å²) in [6, 6.07) is 7.12. The number of hydrogen-bond acceptors (Lipinski definition) is 4. The Hall–Kier alpha value is -2.70. The maximum atomic E-state index is 13.8. The molecule has 0 atom stereocenters. The van der Waals surface area contributed by atoms with E-state index in [4.69, 9.17) is 4.98 Å². The van der Waals surface area contributed by atoms with Crippen molar-refractivity contribution in [1.29, 1.82) is 0 Å². The smallest absolute Gasteiger partial charge is 0.317 e. The van der Waals surface area contributed by atoms with Crippen molar-refractivity contribution in [1.82, 2.24) is 20.2 Å². The third-order valence-corrected chi connectivity index (χ3v) is 6.59. The van der Waals surface area contributed by atoms with Crippen LogP contribution in [0.25, 0.3) is 0 Å². The number of nitrogens with zero attached hydrogens (tertiary/aromatic N) is 4. The minimum absolute atomic E-state index is 0.0599. The molecule has 1 aliphatic carbocycles. The molecule has 7 heteroatoms. The fourth-order valence-electron chi connectivity index (χ4n) is 4.86. The summed E-state index contributed by atoms with van der Waals surface area (Å²) in [7, 11) is 0. The van der Waals surface area contributed by atoms with Gasteiger partial charge in [-0.3, -0.25) is 0 Å². The van der Waals surface area contributed by atoms with E-state index in [0.717, 1.165) is 60.8 Å². The van der Waals surface area contributed by atoms with E-state index in [0.29, 0.717) is 25.6 Å². The van der Waals surface area contributed by atoms with Crippen LogP contribution in [0.3, 0.4) is 0 Å². The number of rotatable bonds is 5. The second-order valence-corrected chi connectivity index (χ2v) is 8.94. The standard InChI is InChI=1S/C25H34FN5O/c1-3-23-22(17-19-8-7-9-20(26)16-19)24(28-18(2)27-23)30-12-14-31(15-13-30)25(32)29-21-10-5-4-6-11-21/h7-9,16,21H,3-6,10-15,17H2,1-2H3,(H,29,32). The van der Waals surface area contributed by atoms with Gasteiger partial charge in [0.2, 0.25) is 0 Å². The van der Waals surface area contributed by atoms with Crippen LogP contribution < -0.4 is 10.2 Å². The van der Waals surface area contributed by atoms with E-state index in [1.807, 2.05) is 17.9 Å². The molecule has 2 amide bonds. The molecule has 0 bridgehead atoms. The molecule has 32 heavy (non-hydrogen) atoms. The van der Waals surface area contributed by atoms with Crippen molar-refractivity contribution in [2.24, 2.45) is 0 Å². The van der Waals surface area contributed by atoms with Gasteiger partial charge in [-0.1, -0.05) is 38.3 Å². The quantitative estimate of drug-likeness (QED) is 0.757. The molecule has 0 spiro atoms. The summed E-state index contributed by atoms with van der Waals surface area (Å²) in [5.41, 5.74) is 2.98. The molecule has 2 aliphatic rings. The van der Waals surface area contributed by atoms with Crippen LogP contribution in [-0.4, -0.2) is 53.1 Å². The van der Waals surface area contributed by atoms with Gasteiger partial charge in [0.1, 0.15) is 17.5 Å². The maximum Gasteiger partial charge on any atom is 0.317 e. The van der Waals surface area contributed by atoms with E-state index in [9.17, 15) is 9.18 Å². The first-order valence-electron chi connectivity index (χ1n) is 11.9. The zero-order valence-corrected chi connectivity index (χ0v) is 19.2. The zero-order chi connectivity index (χ0) is 22.5. The van der Waals surface area contributed by atoms with Crippen LogP contribution in [0.15, 0.2) is 24.3 Å². The van der Waals surface area contributed by atoms with E-state index in [-0.39, 0.29) is 11.8 Å². The third kappa shape index (κ3) is 5.37. The summed E-state index contributed by atoms with van der Waals surface area (Å²) >= 11 is 0. The highest BCUT2D eigenvalue weighted by atomic mass is 19.1. The number of hydrogen-bond donors (Lipinski definition) is 1. The first-order valence-corrected chi connectivity index (χ1v) is 11.9. The summed E-state index contributed by atoms with van der Waals surface area (Å²) in [6.07, 6.45) is 7.27. The van der Waals surface area contributed by atoms with Gasteiger partial charge in [0.05, 0.1) is 0 Å². The SMILES string of the molecule is CCc1nc(C)nc(N2CCN(C(=O)NC3CCCCC3)CC2)c1Cc1cccc(F)c1. The molecule has 1 saturated carbocycles. The molecule has 2 fully saturated rings. The number of carbonyl (C=O) groups is 1. The summed E-state index contributed by atoms with van der Waals surface area (Å²) in [5.74, 6) is 1.44. The van der Waals surface area contributed by atoms with E-state index < -0.39 is 0 Å². The van der Waals surface area contributed by atoms with Crippen LogP contribution in [0.2, 0.25) is 0 Å². The topological polar surface area (TPSA) is 61.4 Å². The first kappa shape index (κ1) is 22.5. The van der Waals surface area contributed by atoms with Crippen LogP contribution >= 0.6 is 0 Å². The largest absolute Gasteiger partial charge is 0.353 e. The van der Waals surface area contributed by atoms with Crippen molar-refractivity contribution in [2.45, 2.75) is 64.8 Å². The molecule has 0 radical (unpaired) electrons. The monoisotopic (exact) mass is 439 g/mol. The Labute approximate surface area is 190 Å². The molecule has 1 aliphatic heterocycles. The van der Waals surface area contributed by atoms with Crippen molar-refractivity contribution < 1.29 is 9.18 Å². The van der Waals surface area contributed by atoms with Crippen LogP contribution in [-0.2, 0) is 12.8 Å². The third-order valence-electron chi connectivity index (χ3n) is 6.59. The molecular formula is C25H34FN5O. The van der Waals surface area contributed by atoms with Crippen molar-refractivity contribution in [3.63, 3.8) is 0 Å². The van der Waals surface area contributed by atoms with Gasteiger partial charge in [0.25, 0.3) is 0 Å². The minimum atomic E-state index is -0.229. The fourth-order valence-corrected chi connectivity index (χ4v) is 4.86. The van der Waals surface area contributed by atoms with Gasteiger partial charge in [0.15, 0.2) is 0 Å². The normalized spacial score (nSPS) is 17.5. The lowest BCUT2D eigenvalue weighted by Crippen LogP contribution is -2.54. The van der Waals surface area contributed by atoms with Gasteiger partial charge in [-0.15, -0.1) is 0 Å². The minimum Gasteiger partial charge on any atom is -0.353 e. The predicted octanol–water partition coefficient (Wildman–Crippen LogP) is 4.24. The number of urea groups is 1. The number of benzene rings is 1. The Morgan fingerprint density at radius 2 is 1.88 bits per heavy atom. The Bertz CT molecular complexity index is 936. The van der Waals surface area contributed by atoms with Crippen molar-refractivity contribution in [3.05, 3.63) is 52.7 Å². The Morgan fingerprint density at radius 3 is 2.56 bits per heavy atom. The van der Waals surface area contributed by atoms with Gasteiger partial charge >= 0.3 is 6.03 Å². The highest BCUT2D eigenvalue weighted by molar-refractivity contribution is 5.75. The molecule has 172 valence electrons. The molecule has 1 N–H and O–H groups in total. The van der Waals surface area contributed by atoms with Crippen molar-refractivity contribution in [2.75, 3.05) is 31.1 Å². The molecule has 2 aromatic rings. The lowest BCUT2D eigenvalue weighted by Gasteiger charge is -2.37. The van der Waals surface area contributed by atoms with Crippen molar-refractivity contribution >= 4 is 11.8 Å². The number of aryl methyl sites for hydroxylation is 2. The summed E-state index contributed by atoms with van der Waals surface area (Å²) in [4.78, 5) is 26.4. The Balaban J connectivity index is 1.47. The lowest BCUT2D eigenvalue weighted by atomic mass is 9.96. The average molecular weight is 440 g/mol. The Morgan fingerprint density at radius 1 is 1.12 bits per heavy atom. The molecule has 0 unspecified atom stereocenters. The van der Waals surface area contributed by atoms with Crippen LogP contribution in [0.5, 0.6) is 0 Å². The molecule has 1 aromatic heterocycles. The van der Waals surface area contributed by atoms with Crippen LogP contribution in [0.1, 0.15) is 61.7 Å². The van der Waals surface area contributed by atoms with Crippen molar-refractivity contribution in [3.8, 4) is 0 Å². The number of aromatic nitrogens is 2. The van der Waals surface area contributed by atoms with Gasteiger partial charge in [-0.25, -0.2) is 19.2 Å². The number of carbonyl (C=O) groups excluding carboxylic acids is 1. The zero-order valence-electron chi connectivity index (χ0n) is 19.2. The maximum absolute atomic E-state index is 13.8. The number of amides is 2. The highest BCUT2D eigenvalue weighted by Gasteiger charge is 2.26. The van der Waals surface area contributed by atoms with E-state index >= 15 is 0 Å². The molecular weight excluding hydrogens is 405 g/mol. The van der Waals surface area contributed by atoms with E-state index in [1.54, 1.807) is 12.1 Å². The second-order valence-electron chi connectivity index (χ2n) is 8.94. The second kappa shape index (κ2) is 10.3. The van der Waals surface area contributed by atoms with E-state index in [2.05, 4.69) is 22.1 Å². The lowest BCUT2D eigenvalue weighted by molar-refractivity contribution is 0.186. The number of nitrogens with one attached hydrogen (secondary N) is 1. The van der Waals surface area contributed by atoms with Gasteiger partial charge in [0, 0.05) is 49.9 Å². The molecule has 6 nitrogen and oxygen atoms in total. The van der Waals surface area contributed by atoms with Crippen LogP contribution in [0, 0.1) is 12.7 Å². The molecule has 1 aromatic carbocycles. The highest BCUT2D eigenvalue weighted by Crippen LogP contribution is 2.26. The molecule has 1 saturated heterocycles. The molecule has 2 heterocycles. The van der Waals surface area contributed by atoms with Gasteiger partial charge < -0.3 is 15.1 Å². The number of anilines is 1. The van der Waals surface area contributed by atoms with Gasteiger partial charge in [-0.05, 0) is 43.9 Å². The summed E-state index contributed by atoms with van der Waals surface area (Å²) in [5, 5.41) is 3.23. The Kier molecular flexibility index (Phi) is 7.22. The van der Waals surface area contributed by atoms with Crippen LogP contribution in [0.4, 0.5) is 15.0 Å². The predicted molar refractivity (Wildman–Crippen MR) is 125 cm³/mol. The fraction of sp³-hybridized carbons (Fsp3) is 0.560. The van der Waals surface area contributed by atoms with E-state index in [1.165, 1.54) is 25.3 Å². The number of halogens is 1. The van der Waals surface area contributed by atoms with Gasteiger partial charge in [-0.2, -0.15) is 0 Å². The number of piperazine rings is 1. The first-order chi connectivity index (χ1) is 15.5. The average Bonchev–Trinajstić information content (AvgIpc) is 2.80.